The second-order valence-corrected chi connectivity index (χ2v) is 6.31. The lowest BCUT2D eigenvalue weighted by Crippen LogP contribution is -2.09. The van der Waals surface area contributed by atoms with Crippen LogP contribution < -0.4 is 5.32 Å². The Bertz CT molecular complexity index is 391. The summed E-state index contributed by atoms with van der Waals surface area (Å²) in [7, 11) is 0. The summed E-state index contributed by atoms with van der Waals surface area (Å²) in [5.74, 6) is 3.78. The lowest BCUT2D eigenvalue weighted by atomic mass is 10.3. The van der Waals surface area contributed by atoms with Crippen LogP contribution in [0.2, 0.25) is 0 Å². The van der Waals surface area contributed by atoms with Gasteiger partial charge in [-0.1, -0.05) is 27.7 Å². The van der Waals surface area contributed by atoms with Crippen molar-refractivity contribution >= 4 is 17.6 Å². The molecule has 0 unspecified atom stereocenters. The van der Waals surface area contributed by atoms with Gasteiger partial charge in [-0.2, -0.15) is 0 Å². The molecule has 0 spiro atoms. The van der Waals surface area contributed by atoms with Gasteiger partial charge in [0.25, 0.3) is 0 Å². The van der Waals surface area contributed by atoms with Crippen LogP contribution in [-0.4, -0.2) is 22.3 Å². The molecule has 0 saturated carbocycles. The van der Waals surface area contributed by atoms with Crippen molar-refractivity contribution in [3.05, 3.63) is 11.4 Å². The highest BCUT2D eigenvalue weighted by atomic mass is 32.2. The summed E-state index contributed by atoms with van der Waals surface area (Å²) >= 11 is 1.85. The smallest absolute Gasteiger partial charge is 0.133 e. The topological polar surface area (TPSA) is 37.8 Å². The molecule has 1 N–H and O–H groups in total. The molecular formula is C15H27N3S. The molecule has 0 atom stereocenters. The fourth-order valence-corrected chi connectivity index (χ4v) is 2.65. The zero-order chi connectivity index (χ0) is 14.3. The Morgan fingerprint density at radius 3 is 2.47 bits per heavy atom. The van der Waals surface area contributed by atoms with E-state index in [1.807, 2.05) is 11.8 Å². The van der Waals surface area contributed by atoms with Gasteiger partial charge in [0.05, 0.1) is 0 Å². The predicted octanol–water partition coefficient (Wildman–Crippen LogP) is 4.31. The second kappa shape index (κ2) is 8.41. The lowest BCUT2D eigenvalue weighted by Gasteiger charge is -2.14. The molecule has 0 bridgehead atoms. The van der Waals surface area contributed by atoms with Gasteiger partial charge < -0.3 is 5.32 Å². The van der Waals surface area contributed by atoms with Crippen molar-refractivity contribution in [1.29, 1.82) is 0 Å². The van der Waals surface area contributed by atoms with Gasteiger partial charge >= 0.3 is 0 Å². The maximum absolute atomic E-state index is 4.71. The van der Waals surface area contributed by atoms with E-state index in [9.17, 15) is 0 Å². The van der Waals surface area contributed by atoms with E-state index in [0.29, 0.717) is 5.92 Å². The van der Waals surface area contributed by atoms with E-state index in [1.54, 1.807) is 0 Å². The number of thioether (sulfide) groups is 1. The van der Waals surface area contributed by atoms with E-state index in [1.165, 1.54) is 5.56 Å². The number of nitrogens with zero attached hydrogens (tertiary/aromatic N) is 2. The van der Waals surface area contributed by atoms with E-state index < -0.39 is 0 Å². The van der Waals surface area contributed by atoms with Gasteiger partial charge in [0.15, 0.2) is 0 Å². The zero-order valence-corrected chi connectivity index (χ0v) is 13.7. The highest BCUT2D eigenvalue weighted by molar-refractivity contribution is 7.99. The van der Waals surface area contributed by atoms with Gasteiger partial charge in [-0.15, -0.1) is 11.8 Å². The van der Waals surface area contributed by atoms with Gasteiger partial charge in [0.1, 0.15) is 16.7 Å². The molecule has 0 aliphatic heterocycles. The summed E-state index contributed by atoms with van der Waals surface area (Å²) in [5, 5.41) is 4.57. The number of hydrogen-bond acceptors (Lipinski definition) is 4. The summed E-state index contributed by atoms with van der Waals surface area (Å²) in [6, 6.07) is 0. The minimum atomic E-state index is 0.682. The van der Waals surface area contributed by atoms with Crippen molar-refractivity contribution in [3.8, 4) is 0 Å². The maximum atomic E-state index is 4.71. The van der Waals surface area contributed by atoms with E-state index in [2.05, 4.69) is 44.9 Å². The number of aromatic nitrogens is 2. The highest BCUT2D eigenvalue weighted by Gasteiger charge is 2.11. The molecule has 1 rings (SSSR count). The highest BCUT2D eigenvalue weighted by Crippen LogP contribution is 2.26. The molecule has 0 fully saturated rings. The van der Waals surface area contributed by atoms with E-state index in [-0.39, 0.29) is 0 Å². The molecule has 1 aromatic rings. The first-order valence-corrected chi connectivity index (χ1v) is 8.31. The maximum Gasteiger partial charge on any atom is 0.133 e. The number of rotatable bonds is 8. The normalized spacial score (nSPS) is 11.1. The Balaban J connectivity index is 2.94. The summed E-state index contributed by atoms with van der Waals surface area (Å²) in [4.78, 5) is 9.37. The fraction of sp³-hybridized carbons (Fsp3) is 0.733. The van der Waals surface area contributed by atoms with Gasteiger partial charge in [0, 0.05) is 24.3 Å². The van der Waals surface area contributed by atoms with E-state index in [0.717, 1.165) is 48.2 Å². The number of nitrogens with one attached hydrogen (secondary N) is 1. The van der Waals surface area contributed by atoms with Gasteiger partial charge in [-0.05, 0) is 25.7 Å². The standard InChI is InChI=1S/C15H27N3S/c1-6-8-13-17-14(16-9-7-2)12(5)15(18-13)19-10-11(3)4/h11H,6-10H2,1-5H3,(H,16,17,18). The summed E-state index contributed by atoms with van der Waals surface area (Å²) in [5.41, 5.74) is 1.19. The van der Waals surface area contributed by atoms with Gasteiger partial charge in [-0.3, -0.25) is 0 Å². The predicted molar refractivity (Wildman–Crippen MR) is 85.1 cm³/mol. The average molecular weight is 281 g/mol. The summed E-state index contributed by atoms with van der Waals surface area (Å²) < 4.78 is 0. The Morgan fingerprint density at radius 2 is 1.89 bits per heavy atom. The average Bonchev–Trinajstić information content (AvgIpc) is 2.37. The Kier molecular flexibility index (Phi) is 7.21. The minimum Gasteiger partial charge on any atom is -0.370 e. The second-order valence-electron chi connectivity index (χ2n) is 5.30. The quantitative estimate of drug-likeness (QED) is 0.569. The third-order valence-electron chi connectivity index (χ3n) is 2.72. The molecule has 0 amide bonds. The lowest BCUT2D eigenvalue weighted by molar-refractivity contribution is 0.746. The van der Waals surface area contributed by atoms with Crippen LogP contribution in [0.15, 0.2) is 5.03 Å². The molecular weight excluding hydrogens is 254 g/mol. The van der Waals surface area contributed by atoms with Crippen molar-refractivity contribution in [2.24, 2.45) is 5.92 Å². The largest absolute Gasteiger partial charge is 0.370 e. The first kappa shape index (κ1) is 16.3. The SMILES string of the molecule is CCCNc1nc(CCC)nc(SCC(C)C)c1C. The van der Waals surface area contributed by atoms with Crippen LogP contribution in [0.3, 0.4) is 0 Å². The Hall–Kier alpha value is -0.770. The van der Waals surface area contributed by atoms with Crippen molar-refractivity contribution in [2.45, 2.75) is 58.9 Å². The molecule has 0 aliphatic rings. The van der Waals surface area contributed by atoms with Gasteiger partial charge in [-0.25, -0.2) is 9.97 Å². The Morgan fingerprint density at radius 1 is 1.16 bits per heavy atom. The van der Waals surface area contributed by atoms with Crippen molar-refractivity contribution in [2.75, 3.05) is 17.6 Å². The third-order valence-corrected chi connectivity index (χ3v) is 4.22. The number of aryl methyl sites for hydroxylation is 1. The summed E-state index contributed by atoms with van der Waals surface area (Å²) in [6.07, 6.45) is 3.15. The molecule has 4 heteroatoms. The minimum absolute atomic E-state index is 0.682. The molecule has 1 heterocycles. The van der Waals surface area contributed by atoms with Crippen LogP contribution in [0.5, 0.6) is 0 Å². The molecule has 19 heavy (non-hydrogen) atoms. The van der Waals surface area contributed by atoms with Crippen LogP contribution in [0.1, 0.15) is 51.9 Å². The van der Waals surface area contributed by atoms with E-state index in [4.69, 9.17) is 4.98 Å². The van der Waals surface area contributed by atoms with Crippen LogP contribution >= 0.6 is 11.8 Å². The molecule has 1 aromatic heterocycles. The molecule has 3 nitrogen and oxygen atoms in total. The van der Waals surface area contributed by atoms with Crippen LogP contribution in [0, 0.1) is 12.8 Å². The molecule has 0 saturated heterocycles. The summed E-state index contributed by atoms with van der Waals surface area (Å²) in [6.45, 7) is 11.9. The number of hydrogen-bond donors (Lipinski definition) is 1. The monoisotopic (exact) mass is 281 g/mol. The molecule has 108 valence electrons. The molecule has 0 aromatic carbocycles. The first-order valence-electron chi connectivity index (χ1n) is 7.32. The first-order chi connectivity index (χ1) is 9.08. The van der Waals surface area contributed by atoms with Crippen LogP contribution in [0.4, 0.5) is 5.82 Å². The molecule has 0 radical (unpaired) electrons. The van der Waals surface area contributed by atoms with E-state index >= 15 is 0 Å². The molecule has 0 aliphatic carbocycles. The third kappa shape index (κ3) is 5.39. The Labute approximate surface area is 122 Å². The fourth-order valence-electron chi connectivity index (χ4n) is 1.68. The van der Waals surface area contributed by atoms with Crippen LogP contribution in [-0.2, 0) is 6.42 Å². The zero-order valence-electron chi connectivity index (χ0n) is 12.9. The van der Waals surface area contributed by atoms with Crippen LogP contribution in [0.25, 0.3) is 0 Å². The van der Waals surface area contributed by atoms with Crippen molar-refractivity contribution in [3.63, 3.8) is 0 Å². The number of anilines is 1. The van der Waals surface area contributed by atoms with Gasteiger partial charge in [0.2, 0.25) is 0 Å². The van der Waals surface area contributed by atoms with Crippen molar-refractivity contribution in [1.82, 2.24) is 9.97 Å². The van der Waals surface area contributed by atoms with Crippen molar-refractivity contribution < 1.29 is 0 Å².